The van der Waals surface area contributed by atoms with Crippen molar-refractivity contribution in [3.05, 3.63) is 47.6 Å². The molecule has 0 N–H and O–H groups in total. The van der Waals surface area contributed by atoms with Gasteiger partial charge in [-0.1, -0.05) is 85.8 Å². The van der Waals surface area contributed by atoms with E-state index in [0.29, 0.717) is 23.2 Å². The molecule has 0 spiro atoms. The SMILES string of the molecule is C=C1/C(=C\C=C2/CCC[C@@]3(C)C2CCC3[C@H](C)/C=C/C=O)CC(O[Si](C)(C)C(C)(C)C)CC1O[Si](C)(C)C(C)(C)C. The van der Waals surface area contributed by atoms with E-state index in [0.717, 1.165) is 24.7 Å². The number of hydrogen-bond acceptors (Lipinski definition) is 3. The van der Waals surface area contributed by atoms with E-state index in [2.05, 4.69) is 106 Å². The second-order valence-electron chi connectivity index (χ2n) is 16.7. The third kappa shape index (κ3) is 7.56. The van der Waals surface area contributed by atoms with Crippen molar-refractivity contribution in [3.8, 4) is 0 Å². The van der Waals surface area contributed by atoms with Crippen LogP contribution in [0.1, 0.15) is 100 Å². The highest BCUT2D eigenvalue weighted by Gasteiger charge is 2.50. The monoisotopic (exact) mass is 598 g/mol. The van der Waals surface area contributed by atoms with E-state index in [1.165, 1.54) is 37.7 Å². The summed E-state index contributed by atoms with van der Waals surface area (Å²) in [6, 6.07) is 0. The minimum atomic E-state index is -1.97. The van der Waals surface area contributed by atoms with Crippen LogP contribution in [0.3, 0.4) is 0 Å². The number of aldehydes is 1. The van der Waals surface area contributed by atoms with Crippen LogP contribution in [-0.2, 0) is 13.6 Å². The molecule has 0 amide bonds. The van der Waals surface area contributed by atoms with E-state index in [4.69, 9.17) is 8.85 Å². The van der Waals surface area contributed by atoms with Gasteiger partial charge in [-0.3, -0.25) is 4.79 Å². The molecule has 0 aliphatic heterocycles. The first-order valence-corrected chi connectivity index (χ1v) is 22.1. The van der Waals surface area contributed by atoms with Gasteiger partial charge in [-0.25, -0.2) is 0 Å². The highest BCUT2D eigenvalue weighted by Crippen LogP contribution is 2.59. The van der Waals surface area contributed by atoms with Crippen LogP contribution >= 0.6 is 0 Å². The van der Waals surface area contributed by atoms with Crippen LogP contribution in [0.5, 0.6) is 0 Å². The predicted octanol–water partition coefficient (Wildman–Crippen LogP) is 10.6. The number of allylic oxidation sites excluding steroid dienone is 5. The van der Waals surface area contributed by atoms with Crippen molar-refractivity contribution in [2.45, 2.75) is 149 Å². The molecule has 0 heterocycles. The van der Waals surface area contributed by atoms with Crippen molar-refractivity contribution in [1.82, 2.24) is 0 Å². The third-order valence-electron chi connectivity index (χ3n) is 11.9. The second kappa shape index (κ2) is 12.5. The fraction of sp³-hybridized carbons (Fsp3) is 0.750. The van der Waals surface area contributed by atoms with E-state index >= 15 is 0 Å². The summed E-state index contributed by atoms with van der Waals surface area (Å²) in [6.07, 6.45) is 17.8. The van der Waals surface area contributed by atoms with Gasteiger partial charge in [-0.15, -0.1) is 0 Å². The zero-order valence-corrected chi connectivity index (χ0v) is 30.7. The van der Waals surface area contributed by atoms with Gasteiger partial charge in [-0.05, 0) is 115 Å². The van der Waals surface area contributed by atoms with Crippen LogP contribution < -0.4 is 0 Å². The molecule has 4 unspecified atom stereocenters. The summed E-state index contributed by atoms with van der Waals surface area (Å²) in [7, 11) is -3.90. The van der Waals surface area contributed by atoms with Gasteiger partial charge in [0.25, 0.3) is 0 Å². The molecule has 232 valence electrons. The van der Waals surface area contributed by atoms with E-state index in [-0.39, 0.29) is 22.3 Å². The van der Waals surface area contributed by atoms with Gasteiger partial charge in [0.15, 0.2) is 16.6 Å². The molecule has 3 aliphatic rings. The second-order valence-corrected chi connectivity index (χ2v) is 26.3. The summed E-state index contributed by atoms with van der Waals surface area (Å²) in [5, 5.41) is 0.322. The quantitative estimate of drug-likeness (QED) is 0.158. The van der Waals surface area contributed by atoms with Crippen LogP contribution in [0.4, 0.5) is 0 Å². The first-order valence-electron chi connectivity index (χ1n) is 16.3. The zero-order chi connectivity index (χ0) is 31.0. The first-order chi connectivity index (χ1) is 18.7. The lowest BCUT2D eigenvalue weighted by molar-refractivity contribution is -0.104. The van der Waals surface area contributed by atoms with Crippen LogP contribution in [0.15, 0.2) is 47.6 Å². The van der Waals surface area contributed by atoms with Crippen LogP contribution in [0.2, 0.25) is 36.3 Å². The minimum Gasteiger partial charge on any atom is -0.413 e. The molecule has 0 saturated heterocycles. The number of fused-ring (bicyclic) bond motifs is 1. The lowest BCUT2D eigenvalue weighted by atomic mass is 9.61. The van der Waals surface area contributed by atoms with Gasteiger partial charge < -0.3 is 8.85 Å². The number of rotatable bonds is 8. The maximum atomic E-state index is 11.0. The average molecular weight is 599 g/mol. The predicted molar refractivity (Wildman–Crippen MR) is 181 cm³/mol. The molecular weight excluding hydrogens is 537 g/mol. The topological polar surface area (TPSA) is 35.5 Å². The van der Waals surface area contributed by atoms with Crippen molar-refractivity contribution >= 4 is 22.9 Å². The zero-order valence-electron chi connectivity index (χ0n) is 28.7. The van der Waals surface area contributed by atoms with Crippen molar-refractivity contribution in [2.24, 2.45) is 23.2 Å². The molecule has 3 aliphatic carbocycles. The highest BCUT2D eigenvalue weighted by atomic mass is 28.4. The molecule has 0 radical (unpaired) electrons. The molecule has 0 aromatic heterocycles. The van der Waals surface area contributed by atoms with E-state index in [1.54, 1.807) is 11.6 Å². The lowest BCUT2D eigenvalue weighted by Crippen LogP contribution is -2.49. The molecular formula is C36H62O3Si2. The Kier molecular flexibility index (Phi) is 10.5. The third-order valence-corrected chi connectivity index (χ3v) is 20.9. The van der Waals surface area contributed by atoms with Gasteiger partial charge in [0.1, 0.15) is 6.29 Å². The van der Waals surface area contributed by atoms with E-state index < -0.39 is 16.6 Å². The summed E-state index contributed by atoms with van der Waals surface area (Å²) in [6.45, 7) is 32.9. The number of carbonyl (C=O) groups excluding carboxylic acids is 1. The van der Waals surface area contributed by atoms with Gasteiger partial charge in [0.2, 0.25) is 0 Å². The molecule has 3 fully saturated rings. The normalized spacial score (nSPS) is 33.0. The Balaban J connectivity index is 1.92. The number of carbonyl (C=O) groups is 1. The Hall–Kier alpha value is -1.02. The molecule has 41 heavy (non-hydrogen) atoms. The summed E-state index contributed by atoms with van der Waals surface area (Å²) in [4.78, 5) is 11.0. The maximum Gasteiger partial charge on any atom is 0.192 e. The Bertz CT molecular complexity index is 1050. The van der Waals surface area contributed by atoms with Gasteiger partial charge >= 0.3 is 0 Å². The van der Waals surface area contributed by atoms with Crippen LogP contribution in [0.25, 0.3) is 0 Å². The van der Waals surface area contributed by atoms with Crippen molar-refractivity contribution in [3.63, 3.8) is 0 Å². The van der Waals surface area contributed by atoms with E-state index in [1.807, 2.05) is 0 Å². The van der Waals surface area contributed by atoms with Crippen molar-refractivity contribution in [2.75, 3.05) is 0 Å². The summed E-state index contributed by atoms with van der Waals surface area (Å²) in [5.74, 6) is 1.70. The molecule has 0 bridgehead atoms. The standard InChI is InChI=1S/C36H62O3Si2/c1-26(16-15-23-37)31-20-21-32-28(17-14-22-36(31,32)9)18-19-29-24-30(38-40(10,11)34(3,4)5)25-33(27(29)2)39-41(12,13)35(6,7)8/h15-16,18-19,23,26,30-33H,2,14,17,20-22,24-25H2,1,3-13H3/b16-15+,28-18+,29-19-/t26-,30?,31?,32?,33?,36-/m1/s1. The van der Waals surface area contributed by atoms with E-state index in [9.17, 15) is 4.79 Å². The molecule has 0 aromatic carbocycles. The smallest absolute Gasteiger partial charge is 0.192 e. The Morgan fingerprint density at radius 2 is 1.59 bits per heavy atom. The summed E-state index contributed by atoms with van der Waals surface area (Å²) >= 11 is 0. The Morgan fingerprint density at radius 3 is 2.17 bits per heavy atom. The number of hydrogen-bond donors (Lipinski definition) is 0. The van der Waals surface area contributed by atoms with Crippen molar-refractivity contribution in [1.29, 1.82) is 0 Å². The summed E-state index contributed by atoms with van der Waals surface area (Å²) in [5.41, 5.74) is 4.40. The van der Waals surface area contributed by atoms with Gasteiger partial charge in [0, 0.05) is 6.42 Å². The molecule has 3 rings (SSSR count). The summed E-state index contributed by atoms with van der Waals surface area (Å²) < 4.78 is 14.1. The molecule has 3 nitrogen and oxygen atoms in total. The van der Waals surface area contributed by atoms with Crippen LogP contribution in [-0.4, -0.2) is 35.1 Å². The largest absolute Gasteiger partial charge is 0.413 e. The molecule has 5 heteroatoms. The van der Waals surface area contributed by atoms with Crippen molar-refractivity contribution < 1.29 is 13.6 Å². The lowest BCUT2D eigenvalue weighted by Gasteiger charge is -2.45. The van der Waals surface area contributed by atoms with Crippen LogP contribution in [0, 0.1) is 23.2 Å². The average Bonchev–Trinajstić information content (AvgIpc) is 3.19. The minimum absolute atomic E-state index is 0.0157. The Labute approximate surface area is 255 Å². The fourth-order valence-electron chi connectivity index (χ4n) is 7.26. The molecule has 6 atom stereocenters. The Morgan fingerprint density at radius 1 is 0.976 bits per heavy atom. The van der Waals surface area contributed by atoms with Gasteiger partial charge in [0.05, 0.1) is 12.2 Å². The van der Waals surface area contributed by atoms with Gasteiger partial charge in [-0.2, -0.15) is 0 Å². The highest BCUT2D eigenvalue weighted by molar-refractivity contribution is 6.74. The fourth-order valence-corrected chi connectivity index (χ4v) is 9.93. The maximum absolute atomic E-state index is 11.0. The molecule has 0 aromatic rings. The molecule has 3 saturated carbocycles. The first kappa shape index (κ1) is 34.5.